The van der Waals surface area contributed by atoms with Crippen molar-refractivity contribution in [1.29, 1.82) is 0 Å². The summed E-state index contributed by atoms with van der Waals surface area (Å²) in [6.45, 7) is 0.909. The van der Waals surface area contributed by atoms with Crippen molar-refractivity contribution in [2.75, 3.05) is 32.2 Å². The highest BCUT2D eigenvalue weighted by Gasteiger charge is 2.15. The number of halogens is 2. The predicted molar refractivity (Wildman–Crippen MR) is 100 cm³/mol. The molecule has 28 heavy (non-hydrogen) atoms. The summed E-state index contributed by atoms with van der Waals surface area (Å²) in [7, 11) is 1.33. The number of carbonyl (C=O) groups excluding carboxylic acids is 1. The van der Waals surface area contributed by atoms with Crippen LogP contribution in [0.2, 0.25) is 0 Å². The van der Waals surface area contributed by atoms with E-state index in [0.29, 0.717) is 32.1 Å². The average molecular weight is 395 g/mol. The lowest BCUT2D eigenvalue weighted by Crippen LogP contribution is -2.13. The number of methoxy groups -OCH3 is 1. The van der Waals surface area contributed by atoms with Crippen molar-refractivity contribution in [1.82, 2.24) is 0 Å². The standard InChI is InChI=1S/C20H23F2NO5/c1-3-26-9-10-27-13-14-5-4-6-16(11-14)23-19(24)15-7-8-17(25-2)18(12-15)28-20(21)22/h4-8,11-12,20H,3,9-10,13H2,1-2H3,(H,23,24). The predicted octanol–water partition coefficient (Wildman–Crippen LogP) is 4.10. The summed E-state index contributed by atoms with van der Waals surface area (Å²) in [5.74, 6) is -0.555. The summed E-state index contributed by atoms with van der Waals surface area (Å²) in [4.78, 5) is 12.5. The Morgan fingerprint density at radius 1 is 1.07 bits per heavy atom. The number of benzene rings is 2. The first-order chi connectivity index (χ1) is 13.5. The molecule has 2 rings (SSSR count). The molecule has 0 heterocycles. The van der Waals surface area contributed by atoms with Gasteiger partial charge in [-0.2, -0.15) is 8.78 Å². The first-order valence-electron chi connectivity index (χ1n) is 8.72. The summed E-state index contributed by atoms with van der Waals surface area (Å²) in [5, 5.41) is 2.72. The Labute approximate surface area is 162 Å². The summed E-state index contributed by atoms with van der Waals surface area (Å²) in [5.41, 5.74) is 1.60. The molecule has 0 aliphatic carbocycles. The molecular weight excluding hydrogens is 372 g/mol. The Balaban J connectivity index is 2.01. The molecule has 0 aliphatic heterocycles. The zero-order valence-corrected chi connectivity index (χ0v) is 15.7. The molecule has 0 atom stereocenters. The van der Waals surface area contributed by atoms with Crippen LogP contribution in [-0.2, 0) is 16.1 Å². The maximum atomic E-state index is 12.5. The molecular formula is C20H23F2NO5. The van der Waals surface area contributed by atoms with Crippen molar-refractivity contribution in [3.8, 4) is 11.5 Å². The van der Waals surface area contributed by atoms with Crippen molar-refractivity contribution in [2.24, 2.45) is 0 Å². The highest BCUT2D eigenvalue weighted by atomic mass is 19.3. The van der Waals surface area contributed by atoms with Crippen molar-refractivity contribution in [2.45, 2.75) is 20.1 Å². The fourth-order valence-electron chi connectivity index (χ4n) is 2.40. The zero-order chi connectivity index (χ0) is 20.4. The van der Waals surface area contributed by atoms with Crippen molar-refractivity contribution in [3.05, 3.63) is 53.6 Å². The SMILES string of the molecule is CCOCCOCc1cccc(NC(=O)c2ccc(OC)c(OC(F)F)c2)c1. The molecule has 0 aromatic heterocycles. The van der Waals surface area contributed by atoms with Gasteiger partial charge in [-0.05, 0) is 42.8 Å². The average Bonchev–Trinajstić information content (AvgIpc) is 2.67. The minimum absolute atomic E-state index is 0.114. The lowest BCUT2D eigenvalue weighted by Gasteiger charge is -2.12. The number of nitrogens with one attached hydrogen (secondary N) is 1. The van der Waals surface area contributed by atoms with E-state index < -0.39 is 12.5 Å². The van der Waals surface area contributed by atoms with E-state index in [-0.39, 0.29) is 17.1 Å². The summed E-state index contributed by atoms with van der Waals surface area (Å²) in [6.07, 6.45) is 0. The number of hydrogen-bond donors (Lipinski definition) is 1. The smallest absolute Gasteiger partial charge is 0.387 e. The van der Waals surface area contributed by atoms with Gasteiger partial charge < -0.3 is 24.3 Å². The number of alkyl halides is 2. The second kappa shape index (κ2) is 11.2. The fraction of sp³-hybridized carbons (Fsp3) is 0.350. The third kappa shape index (κ3) is 6.79. The summed E-state index contributed by atoms with van der Waals surface area (Å²) in [6, 6.07) is 11.2. The number of hydrogen-bond acceptors (Lipinski definition) is 5. The molecule has 6 nitrogen and oxygen atoms in total. The van der Waals surface area contributed by atoms with E-state index in [2.05, 4.69) is 10.1 Å². The van der Waals surface area contributed by atoms with Crippen LogP contribution in [0.3, 0.4) is 0 Å². The molecule has 0 aliphatic rings. The molecule has 0 saturated carbocycles. The first-order valence-corrected chi connectivity index (χ1v) is 8.72. The van der Waals surface area contributed by atoms with Crippen molar-refractivity contribution < 1.29 is 32.5 Å². The largest absolute Gasteiger partial charge is 0.493 e. The number of anilines is 1. The van der Waals surface area contributed by atoms with Gasteiger partial charge in [-0.3, -0.25) is 4.79 Å². The van der Waals surface area contributed by atoms with Crippen LogP contribution in [0.4, 0.5) is 14.5 Å². The second-order valence-electron chi connectivity index (χ2n) is 5.65. The number of carbonyl (C=O) groups is 1. The van der Waals surface area contributed by atoms with E-state index in [1.165, 1.54) is 25.3 Å². The molecule has 2 aromatic rings. The Bertz CT molecular complexity index is 770. The van der Waals surface area contributed by atoms with Gasteiger partial charge in [-0.25, -0.2) is 0 Å². The van der Waals surface area contributed by atoms with Crippen LogP contribution in [0.5, 0.6) is 11.5 Å². The van der Waals surface area contributed by atoms with Gasteiger partial charge in [0, 0.05) is 17.9 Å². The summed E-state index contributed by atoms with van der Waals surface area (Å²) >= 11 is 0. The second-order valence-corrected chi connectivity index (χ2v) is 5.65. The molecule has 2 aromatic carbocycles. The monoisotopic (exact) mass is 395 g/mol. The number of ether oxygens (including phenoxy) is 4. The third-order valence-electron chi connectivity index (χ3n) is 3.67. The fourth-order valence-corrected chi connectivity index (χ4v) is 2.40. The number of rotatable bonds is 11. The summed E-state index contributed by atoms with van der Waals surface area (Å²) < 4.78 is 45.1. The van der Waals surface area contributed by atoms with Gasteiger partial charge in [-0.1, -0.05) is 12.1 Å². The Morgan fingerprint density at radius 3 is 2.57 bits per heavy atom. The minimum Gasteiger partial charge on any atom is -0.493 e. The molecule has 0 spiro atoms. The first kappa shape index (κ1) is 21.6. The van der Waals surface area contributed by atoms with E-state index >= 15 is 0 Å². The van der Waals surface area contributed by atoms with Crippen LogP contribution >= 0.6 is 0 Å². The van der Waals surface area contributed by atoms with Gasteiger partial charge >= 0.3 is 6.61 Å². The Morgan fingerprint density at radius 2 is 1.86 bits per heavy atom. The molecule has 0 saturated heterocycles. The minimum atomic E-state index is -3.02. The van der Waals surface area contributed by atoms with Gasteiger partial charge in [0.25, 0.3) is 5.91 Å². The van der Waals surface area contributed by atoms with Crippen LogP contribution in [-0.4, -0.2) is 39.4 Å². The normalized spacial score (nSPS) is 10.8. The Kier molecular flexibility index (Phi) is 8.64. The van der Waals surface area contributed by atoms with Crippen LogP contribution < -0.4 is 14.8 Å². The highest BCUT2D eigenvalue weighted by molar-refractivity contribution is 6.04. The quantitative estimate of drug-likeness (QED) is 0.580. The van der Waals surface area contributed by atoms with Gasteiger partial charge in [0.1, 0.15) is 0 Å². The molecule has 0 bridgehead atoms. The molecule has 1 amide bonds. The van der Waals surface area contributed by atoms with Crippen LogP contribution in [0.25, 0.3) is 0 Å². The van der Waals surface area contributed by atoms with E-state index in [4.69, 9.17) is 14.2 Å². The van der Waals surface area contributed by atoms with E-state index in [1.54, 1.807) is 18.2 Å². The van der Waals surface area contributed by atoms with Gasteiger partial charge in [0.05, 0.1) is 26.9 Å². The van der Waals surface area contributed by atoms with E-state index in [9.17, 15) is 13.6 Å². The van der Waals surface area contributed by atoms with E-state index in [0.717, 1.165) is 5.56 Å². The molecule has 0 fully saturated rings. The third-order valence-corrected chi connectivity index (χ3v) is 3.67. The van der Waals surface area contributed by atoms with Crippen LogP contribution in [0, 0.1) is 0 Å². The molecule has 8 heteroatoms. The lowest BCUT2D eigenvalue weighted by atomic mass is 10.1. The molecule has 0 unspecified atom stereocenters. The van der Waals surface area contributed by atoms with E-state index in [1.807, 2.05) is 13.0 Å². The lowest BCUT2D eigenvalue weighted by molar-refractivity contribution is -0.0512. The van der Waals surface area contributed by atoms with Crippen molar-refractivity contribution >= 4 is 11.6 Å². The van der Waals surface area contributed by atoms with Gasteiger partial charge in [0.15, 0.2) is 11.5 Å². The Hall–Kier alpha value is -2.71. The van der Waals surface area contributed by atoms with Crippen LogP contribution in [0.15, 0.2) is 42.5 Å². The highest BCUT2D eigenvalue weighted by Crippen LogP contribution is 2.29. The zero-order valence-electron chi connectivity index (χ0n) is 15.7. The van der Waals surface area contributed by atoms with Crippen LogP contribution in [0.1, 0.15) is 22.8 Å². The van der Waals surface area contributed by atoms with Gasteiger partial charge in [-0.15, -0.1) is 0 Å². The molecule has 0 radical (unpaired) electrons. The maximum Gasteiger partial charge on any atom is 0.387 e. The van der Waals surface area contributed by atoms with Crippen molar-refractivity contribution in [3.63, 3.8) is 0 Å². The maximum absolute atomic E-state index is 12.5. The van der Waals surface area contributed by atoms with Gasteiger partial charge in [0.2, 0.25) is 0 Å². The molecule has 1 N–H and O–H groups in total. The number of amides is 1. The molecule has 152 valence electrons. The topological polar surface area (TPSA) is 66.0 Å².